The number of carbonyl (C=O) groups excluding carboxylic acids is 1. The number of aryl methyl sites for hydroxylation is 1. The number of ketones is 1. The van der Waals surface area contributed by atoms with Crippen molar-refractivity contribution in [1.82, 2.24) is 14.1 Å². The van der Waals surface area contributed by atoms with Crippen molar-refractivity contribution in [3.63, 3.8) is 0 Å². The molecule has 8 heteroatoms. The molecule has 0 saturated carbocycles. The fraction of sp³-hybridized carbons (Fsp3) is 0.308. The molecule has 2 aromatic heterocycles. The van der Waals surface area contributed by atoms with Gasteiger partial charge in [0.1, 0.15) is 0 Å². The second-order valence-electron chi connectivity index (χ2n) is 4.46. The molecule has 0 atom stereocenters. The van der Waals surface area contributed by atoms with Crippen LogP contribution in [0.3, 0.4) is 0 Å². The molecule has 0 fully saturated rings. The number of carbonyl (C=O) groups is 1. The van der Waals surface area contributed by atoms with Crippen LogP contribution in [0.2, 0.25) is 0 Å². The minimum atomic E-state index is -0.536. The van der Waals surface area contributed by atoms with Crippen molar-refractivity contribution < 1.29 is 9.72 Å². The molecular weight excluding hydrogens is 274 g/mol. The first kappa shape index (κ1) is 14.5. The number of nitro groups is 1. The Hall–Kier alpha value is -2.95. The van der Waals surface area contributed by atoms with Crippen LogP contribution < -0.4 is 0 Å². The van der Waals surface area contributed by atoms with Gasteiger partial charge in [-0.25, -0.2) is 4.57 Å². The summed E-state index contributed by atoms with van der Waals surface area (Å²) in [5.74, 6) is -0.391. The zero-order valence-corrected chi connectivity index (χ0v) is 11.8. The maximum Gasteiger partial charge on any atom is 0.331 e. The van der Waals surface area contributed by atoms with Crippen molar-refractivity contribution in [2.75, 3.05) is 0 Å². The van der Waals surface area contributed by atoms with Crippen molar-refractivity contribution in [1.29, 1.82) is 0 Å². The van der Waals surface area contributed by atoms with Crippen molar-refractivity contribution in [3.8, 4) is 11.3 Å². The SMILES string of the molecule is [C-]#[N+]c1ncn(C)c1-c1cc(C(C)=O)n(CC)c1[N+](=O)[O-]. The van der Waals surface area contributed by atoms with Crippen molar-refractivity contribution in [3.05, 3.63) is 39.6 Å². The van der Waals surface area contributed by atoms with Crippen LogP contribution in [0.25, 0.3) is 16.1 Å². The topological polar surface area (TPSA) is 87.3 Å². The van der Waals surface area contributed by atoms with E-state index in [1.165, 1.54) is 23.9 Å². The van der Waals surface area contributed by atoms with E-state index in [2.05, 4.69) is 9.83 Å². The number of rotatable bonds is 4. The van der Waals surface area contributed by atoms with E-state index in [1.54, 1.807) is 18.5 Å². The number of aromatic nitrogens is 3. The monoisotopic (exact) mass is 287 g/mol. The maximum atomic E-state index is 11.7. The summed E-state index contributed by atoms with van der Waals surface area (Å²) in [5, 5.41) is 11.4. The zero-order chi connectivity index (χ0) is 15.7. The molecule has 2 heterocycles. The van der Waals surface area contributed by atoms with Crippen LogP contribution in [0, 0.1) is 16.7 Å². The highest BCUT2D eigenvalue weighted by atomic mass is 16.6. The molecule has 2 aromatic rings. The highest BCUT2D eigenvalue weighted by Gasteiger charge is 2.30. The third kappa shape index (κ3) is 2.18. The van der Waals surface area contributed by atoms with Gasteiger partial charge >= 0.3 is 5.82 Å². The molecule has 0 aromatic carbocycles. The molecule has 0 amide bonds. The summed E-state index contributed by atoms with van der Waals surface area (Å²) in [4.78, 5) is 29.8. The lowest BCUT2D eigenvalue weighted by Gasteiger charge is -2.04. The molecule has 2 rings (SSSR count). The molecule has 0 N–H and O–H groups in total. The van der Waals surface area contributed by atoms with Crippen LogP contribution in [0.4, 0.5) is 11.6 Å². The lowest BCUT2D eigenvalue weighted by Crippen LogP contribution is -2.08. The Morgan fingerprint density at radius 2 is 2.24 bits per heavy atom. The molecule has 0 aliphatic carbocycles. The molecule has 0 radical (unpaired) electrons. The van der Waals surface area contributed by atoms with E-state index in [-0.39, 0.29) is 35.2 Å². The summed E-state index contributed by atoms with van der Waals surface area (Å²) < 4.78 is 2.89. The third-order valence-corrected chi connectivity index (χ3v) is 3.20. The van der Waals surface area contributed by atoms with Gasteiger partial charge in [-0.3, -0.25) is 4.79 Å². The Morgan fingerprint density at radius 1 is 1.57 bits per heavy atom. The summed E-state index contributed by atoms with van der Waals surface area (Å²) >= 11 is 0. The minimum Gasteiger partial charge on any atom is -0.359 e. The van der Waals surface area contributed by atoms with Gasteiger partial charge in [-0.2, -0.15) is 0 Å². The molecule has 8 nitrogen and oxygen atoms in total. The number of nitrogens with zero attached hydrogens (tertiary/aromatic N) is 5. The Labute approximate surface area is 120 Å². The van der Waals surface area contributed by atoms with Gasteiger partial charge in [-0.1, -0.05) is 6.57 Å². The normalized spacial score (nSPS) is 10.4. The standard InChI is InChI=1S/C13H13N5O3/c1-5-17-10(8(2)19)6-9(13(17)18(20)21)11-12(14-3)15-7-16(11)4/h6-7H,5H2,1-2,4H3. The largest absolute Gasteiger partial charge is 0.359 e. The van der Waals surface area contributed by atoms with Gasteiger partial charge in [0.2, 0.25) is 0 Å². The van der Waals surface area contributed by atoms with Gasteiger partial charge in [0.15, 0.2) is 17.8 Å². The predicted octanol–water partition coefficient (Wildman–Crippen LogP) is 2.57. The average Bonchev–Trinajstić information content (AvgIpc) is 2.98. The van der Waals surface area contributed by atoms with E-state index in [0.29, 0.717) is 5.69 Å². The van der Waals surface area contributed by atoms with Crippen molar-refractivity contribution >= 4 is 17.4 Å². The molecule has 0 saturated heterocycles. The first-order valence-corrected chi connectivity index (χ1v) is 6.20. The zero-order valence-electron chi connectivity index (χ0n) is 11.8. The Bertz CT molecular complexity index is 779. The van der Waals surface area contributed by atoms with E-state index < -0.39 is 4.92 Å². The number of hydrogen-bond donors (Lipinski definition) is 0. The number of imidazole rings is 1. The second-order valence-corrected chi connectivity index (χ2v) is 4.46. The van der Waals surface area contributed by atoms with Crippen LogP contribution in [0.1, 0.15) is 24.3 Å². The van der Waals surface area contributed by atoms with E-state index in [1.807, 2.05) is 0 Å². The van der Waals surface area contributed by atoms with Crippen LogP contribution in [-0.4, -0.2) is 24.8 Å². The number of Topliss-reactive ketones (excluding diaryl/α,β-unsaturated/α-hetero) is 1. The maximum absolute atomic E-state index is 11.7. The number of hydrogen-bond acceptors (Lipinski definition) is 4. The highest BCUT2D eigenvalue weighted by Crippen LogP contribution is 2.38. The Balaban J connectivity index is 2.87. The quantitative estimate of drug-likeness (QED) is 0.374. The summed E-state index contributed by atoms with van der Waals surface area (Å²) in [6.45, 7) is 10.5. The van der Waals surface area contributed by atoms with Gasteiger partial charge in [0.05, 0.1) is 17.8 Å². The van der Waals surface area contributed by atoms with Gasteiger partial charge in [0, 0.05) is 20.0 Å². The average molecular weight is 287 g/mol. The van der Waals surface area contributed by atoms with E-state index >= 15 is 0 Å². The van der Waals surface area contributed by atoms with Crippen LogP contribution >= 0.6 is 0 Å². The lowest BCUT2D eigenvalue weighted by atomic mass is 10.2. The molecule has 0 bridgehead atoms. The Morgan fingerprint density at radius 3 is 2.71 bits per heavy atom. The van der Waals surface area contributed by atoms with Gasteiger partial charge < -0.3 is 19.5 Å². The minimum absolute atomic E-state index is 0.0731. The van der Waals surface area contributed by atoms with Gasteiger partial charge in [0.25, 0.3) is 5.82 Å². The molecular formula is C13H13N5O3. The van der Waals surface area contributed by atoms with Crippen LogP contribution in [-0.2, 0) is 13.6 Å². The summed E-state index contributed by atoms with van der Waals surface area (Å²) in [6.07, 6.45) is 1.42. The smallest absolute Gasteiger partial charge is 0.331 e. The second kappa shape index (κ2) is 5.20. The highest BCUT2D eigenvalue weighted by molar-refractivity contribution is 5.96. The molecule has 0 aliphatic heterocycles. The van der Waals surface area contributed by atoms with E-state index in [9.17, 15) is 14.9 Å². The fourth-order valence-electron chi connectivity index (χ4n) is 2.33. The molecule has 0 aliphatic rings. The van der Waals surface area contributed by atoms with E-state index in [4.69, 9.17) is 6.57 Å². The third-order valence-electron chi connectivity index (χ3n) is 3.20. The van der Waals surface area contributed by atoms with Crippen molar-refractivity contribution in [2.24, 2.45) is 7.05 Å². The molecule has 0 unspecified atom stereocenters. The fourth-order valence-corrected chi connectivity index (χ4v) is 2.33. The van der Waals surface area contributed by atoms with Gasteiger partial charge in [-0.15, -0.1) is 4.98 Å². The molecule has 108 valence electrons. The van der Waals surface area contributed by atoms with Crippen LogP contribution in [0.15, 0.2) is 12.4 Å². The lowest BCUT2D eigenvalue weighted by molar-refractivity contribution is -0.391. The van der Waals surface area contributed by atoms with E-state index in [0.717, 1.165) is 0 Å². The Kier molecular flexibility index (Phi) is 3.58. The summed E-state index contributed by atoms with van der Waals surface area (Å²) in [6, 6.07) is 1.45. The first-order chi connectivity index (χ1) is 9.92. The first-order valence-electron chi connectivity index (χ1n) is 6.20. The van der Waals surface area contributed by atoms with Gasteiger partial charge in [-0.05, 0) is 11.8 Å². The molecule has 21 heavy (non-hydrogen) atoms. The van der Waals surface area contributed by atoms with Crippen LogP contribution in [0.5, 0.6) is 0 Å². The summed E-state index contributed by atoms with van der Waals surface area (Å²) in [7, 11) is 1.65. The predicted molar refractivity (Wildman–Crippen MR) is 75.2 cm³/mol. The summed E-state index contributed by atoms with van der Waals surface area (Å²) in [5.41, 5.74) is 0.820. The molecule has 0 spiro atoms. The van der Waals surface area contributed by atoms with Crippen molar-refractivity contribution in [2.45, 2.75) is 20.4 Å².